The zero-order valence-electron chi connectivity index (χ0n) is 6.79. The van der Waals surface area contributed by atoms with E-state index in [1.54, 1.807) is 4.52 Å². The van der Waals surface area contributed by atoms with Crippen LogP contribution in [-0.2, 0) is 4.84 Å². The Balaban J connectivity index is 3.00. The molecular formula is C2H7F5N3OP3. The predicted octanol–water partition coefficient (Wildman–Crippen LogP) is 4.27. The zero-order chi connectivity index (χ0) is 11.1. The van der Waals surface area contributed by atoms with Crippen LogP contribution in [0.5, 0.6) is 0 Å². The number of rotatable bonds is 2. The number of hydrogen-bond donors (Lipinski definition) is 1. The summed E-state index contributed by atoms with van der Waals surface area (Å²) in [5, 5.41) is 0. The van der Waals surface area contributed by atoms with Gasteiger partial charge >= 0.3 is 77.9 Å². The van der Waals surface area contributed by atoms with Gasteiger partial charge in [-0.05, 0) is 0 Å². The Labute approximate surface area is 78.8 Å². The van der Waals surface area contributed by atoms with Gasteiger partial charge < -0.3 is 0 Å². The number of halogens is 5. The minimum atomic E-state index is -7.20. The molecule has 0 radical (unpaired) electrons. The second kappa shape index (κ2) is 3.58. The van der Waals surface area contributed by atoms with Gasteiger partial charge in [-0.2, -0.15) is 0 Å². The van der Waals surface area contributed by atoms with E-state index < -0.39 is 24.5 Å². The molecule has 1 atom stereocenters. The Morgan fingerprint density at radius 3 is 2.50 bits per heavy atom. The normalized spacial score (nSPS) is 34.3. The maximum atomic E-state index is 12.8. The van der Waals surface area contributed by atoms with Crippen molar-refractivity contribution in [1.82, 2.24) is 9.46 Å². The first-order valence-corrected chi connectivity index (χ1v) is 7.61. The summed E-state index contributed by atoms with van der Waals surface area (Å²) in [7, 11) is -14.1. The van der Waals surface area contributed by atoms with Crippen molar-refractivity contribution in [2.75, 3.05) is 6.61 Å². The van der Waals surface area contributed by atoms with E-state index >= 15 is 0 Å². The molecule has 1 N–H and O–H groups in total. The molecular weight excluding hydrogens is 270 g/mol. The third kappa shape index (κ3) is 3.05. The molecule has 86 valence electrons. The van der Waals surface area contributed by atoms with Crippen LogP contribution in [0.3, 0.4) is 0 Å². The van der Waals surface area contributed by atoms with E-state index in [9.17, 15) is 21.0 Å². The molecule has 0 saturated heterocycles. The van der Waals surface area contributed by atoms with E-state index in [1.807, 2.05) is 0 Å². The van der Waals surface area contributed by atoms with Gasteiger partial charge in [0.25, 0.3) is 0 Å². The first kappa shape index (κ1) is 12.7. The Bertz CT molecular complexity index is 284. The van der Waals surface area contributed by atoms with E-state index in [1.165, 1.54) is 6.92 Å². The Morgan fingerprint density at radius 1 is 1.50 bits per heavy atom. The van der Waals surface area contributed by atoms with E-state index in [2.05, 4.69) is 4.84 Å². The molecule has 0 bridgehead atoms. The molecule has 1 heterocycles. The molecule has 1 unspecified atom stereocenters. The van der Waals surface area contributed by atoms with Crippen molar-refractivity contribution < 1.29 is 25.8 Å². The van der Waals surface area contributed by atoms with Gasteiger partial charge in [0.1, 0.15) is 0 Å². The SMILES string of the molecule is CCON1PNP(F)(F)(F)N=P1(F)F. The molecule has 0 spiro atoms. The van der Waals surface area contributed by atoms with Gasteiger partial charge in [-0.15, -0.1) is 0 Å². The quantitative estimate of drug-likeness (QED) is 0.604. The summed E-state index contributed by atoms with van der Waals surface area (Å²) in [5.41, 5.74) is 0. The van der Waals surface area contributed by atoms with Gasteiger partial charge in [0.05, 0.1) is 0 Å². The van der Waals surface area contributed by atoms with Crippen LogP contribution < -0.4 is 4.86 Å². The molecule has 4 nitrogen and oxygen atoms in total. The van der Waals surface area contributed by atoms with Crippen molar-refractivity contribution in [3.05, 3.63) is 0 Å². The summed E-state index contributed by atoms with van der Waals surface area (Å²) < 4.78 is 64.7. The van der Waals surface area contributed by atoms with Gasteiger partial charge in [-0.1, -0.05) is 0 Å². The molecule has 14 heavy (non-hydrogen) atoms. The third-order valence-corrected chi connectivity index (χ3v) is 6.79. The molecule has 0 saturated carbocycles. The van der Waals surface area contributed by atoms with Crippen LogP contribution in [0.1, 0.15) is 6.92 Å². The fourth-order valence-corrected chi connectivity index (χ4v) is 5.59. The second-order valence-corrected chi connectivity index (χ2v) is 7.67. The molecule has 0 fully saturated rings. The number of nitrogens with one attached hydrogen (secondary N) is 1. The van der Waals surface area contributed by atoms with E-state index in [4.69, 9.17) is 0 Å². The molecule has 0 aromatic heterocycles. The van der Waals surface area contributed by atoms with Gasteiger partial charge in [-0.3, -0.25) is 0 Å². The minimum absolute atomic E-state index is 0.00333. The predicted molar refractivity (Wildman–Crippen MR) is 46.7 cm³/mol. The van der Waals surface area contributed by atoms with Crippen LogP contribution in [-0.4, -0.2) is 11.2 Å². The van der Waals surface area contributed by atoms with Crippen molar-refractivity contribution in [3.8, 4) is 0 Å². The average Bonchev–Trinajstić information content (AvgIpc) is 1.91. The van der Waals surface area contributed by atoms with Gasteiger partial charge in [0.2, 0.25) is 0 Å². The monoisotopic (exact) mass is 277 g/mol. The zero-order valence-corrected chi connectivity index (χ0v) is 9.58. The summed E-state index contributed by atoms with van der Waals surface area (Å²) in [4.78, 5) is 5.41. The van der Waals surface area contributed by atoms with Crippen molar-refractivity contribution >= 4 is 24.5 Å². The molecule has 0 aromatic carbocycles. The molecule has 1 aliphatic rings. The van der Waals surface area contributed by atoms with Crippen LogP contribution >= 0.6 is 24.5 Å². The first-order valence-electron chi connectivity index (χ1n) is 3.32. The van der Waals surface area contributed by atoms with Crippen molar-refractivity contribution in [2.24, 2.45) is 4.52 Å². The maximum absolute atomic E-state index is 12.8. The Hall–Kier alpha value is 0.620. The van der Waals surface area contributed by atoms with Crippen LogP contribution in [0.2, 0.25) is 0 Å². The molecule has 1 rings (SSSR count). The van der Waals surface area contributed by atoms with Gasteiger partial charge in [0.15, 0.2) is 0 Å². The molecule has 1 aliphatic heterocycles. The topological polar surface area (TPSA) is 36.9 Å². The second-order valence-electron chi connectivity index (χ2n) is 2.23. The van der Waals surface area contributed by atoms with Crippen LogP contribution in [0.15, 0.2) is 4.52 Å². The van der Waals surface area contributed by atoms with Crippen molar-refractivity contribution in [3.63, 3.8) is 0 Å². The van der Waals surface area contributed by atoms with Gasteiger partial charge in [0, 0.05) is 0 Å². The van der Waals surface area contributed by atoms with Crippen LogP contribution in [0, 0.1) is 0 Å². The summed E-state index contributed by atoms with van der Waals surface area (Å²) in [6.07, 6.45) is 0. The van der Waals surface area contributed by atoms with E-state index in [0.29, 0.717) is 0 Å². The Kier molecular flexibility index (Phi) is 3.24. The summed E-state index contributed by atoms with van der Waals surface area (Å²) >= 11 is 0. The average molecular weight is 277 g/mol. The first-order chi connectivity index (χ1) is 6.14. The number of nitrogens with zero attached hydrogens (tertiary/aromatic N) is 2. The fourth-order valence-electron chi connectivity index (χ4n) is 0.641. The molecule has 0 aromatic rings. The van der Waals surface area contributed by atoms with Crippen LogP contribution in [0.25, 0.3) is 0 Å². The van der Waals surface area contributed by atoms with Crippen molar-refractivity contribution in [2.45, 2.75) is 6.92 Å². The van der Waals surface area contributed by atoms with E-state index in [-0.39, 0.29) is 11.2 Å². The third-order valence-electron chi connectivity index (χ3n) is 1.05. The summed E-state index contributed by atoms with van der Waals surface area (Å²) in [6.45, 7) is 1.28. The standard InChI is InChI=1S/C2H7F5N3OP3/c1-2-11-10-12-8-14(5,6,7)9-13(10,3)4/h8,12H,2H2,1H3. The number of hydrogen-bond acceptors (Lipinski definition) is 4. The summed E-state index contributed by atoms with van der Waals surface area (Å²) in [6, 6.07) is 0. The van der Waals surface area contributed by atoms with Crippen LogP contribution in [0.4, 0.5) is 21.0 Å². The Morgan fingerprint density at radius 2 is 2.07 bits per heavy atom. The van der Waals surface area contributed by atoms with E-state index in [0.717, 1.165) is 4.86 Å². The molecule has 0 aliphatic carbocycles. The van der Waals surface area contributed by atoms with Gasteiger partial charge in [-0.25, -0.2) is 0 Å². The molecule has 0 amide bonds. The summed E-state index contributed by atoms with van der Waals surface area (Å²) in [5.74, 6) is 0. The van der Waals surface area contributed by atoms with Crippen molar-refractivity contribution in [1.29, 1.82) is 0 Å². The molecule has 12 heteroatoms. The fraction of sp³-hybridized carbons (Fsp3) is 1.00.